The Bertz CT molecular complexity index is 663. The van der Waals surface area contributed by atoms with Gasteiger partial charge >= 0.3 is 0 Å². The van der Waals surface area contributed by atoms with Gasteiger partial charge in [-0.15, -0.1) is 11.3 Å². The number of hydrogen-bond acceptors (Lipinski definition) is 4. The SMILES string of the molecule is Cc1nc(C)c(CNC2CCCc3c2cnn3C(C)(C)C)s1. The van der Waals surface area contributed by atoms with Gasteiger partial charge in [0.1, 0.15) is 0 Å². The Morgan fingerprint density at radius 1 is 1.36 bits per heavy atom. The van der Waals surface area contributed by atoms with Crippen LogP contribution in [-0.4, -0.2) is 14.8 Å². The van der Waals surface area contributed by atoms with Crippen LogP contribution in [0, 0.1) is 13.8 Å². The van der Waals surface area contributed by atoms with Crippen LogP contribution < -0.4 is 5.32 Å². The van der Waals surface area contributed by atoms with E-state index in [1.807, 2.05) is 0 Å². The Hall–Kier alpha value is -1.20. The maximum absolute atomic E-state index is 4.66. The maximum atomic E-state index is 4.66. The molecule has 4 nitrogen and oxygen atoms in total. The number of nitrogens with one attached hydrogen (secondary N) is 1. The fourth-order valence-corrected chi connectivity index (χ4v) is 4.19. The molecule has 0 aliphatic heterocycles. The Morgan fingerprint density at radius 2 is 2.14 bits per heavy atom. The van der Waals surface area contributed by atoms with Crippen LogP contribution in [0.3, 0.4) is 0 Å². The Morgan fingerprint density at radius 3 is 2.77 bits per heavy atom. The van der Waals surface area contributed by atoms with Crippen molar-refractivity contribution in [2.75, 3.05) is 0 Å². The number of aromatic nitrogens is 3. The molecule has 1 atom stereocenters. The van der Waals surface area contributed by atoms with Gasteiger partial charge in [-0.3, -0.25) is 4.68 Å². The molecular weight excluding hydrogens is 292 g/mol. The Kier molecular flexibility index (Phi) is 4.12. The molecule has 1 N–H and O–H groups in total. The molecule has 2 aromatic heterocycles. The number of fused-ring (bicyclic) bond motifs is 1. The second kappa shape index (κ2) is 5.78. The van der Waals surface area contributed by atoms with Crippen molar-refractivity contribution in [2.45, 2.75) is 72.0 Å². The van der Waals surface area contributed by atoms with Crippen molar-refractivity contribution in [3.8, 4) is 0 Å². The molecule has 0 saturated carbocycles. The lowest BCUT2D eigenvalue weighted by Gasteiger charge is -2.28. The monoisotopic (exact) mass is 318 g/mol. The molecule has 0 radical (unpaired) electrons. The van der Waals surface area contributed by atoms with Gasteiger partial charge in [-0.1, -0.05) is 0 Å². The minimum atomic E-state index is 0.0564. The van der Waals surface area contributed by atoms with Crippen LogP contribution in [0.2, 0.25) is 0 Å². The molecule has 1 aliphatic carbocycles. The Labute approximate surface area is 137 Å². The van der Waals surface area contributed by atoms with E-state index in [4.69, 9.17) is 0 Å². The van der Waals surface area contributed by atoms with E-state index < -0.39 is 0 Å². The summed E-state index contributed by atoms with van der Waals surface area (Å²) in [5.74, 6) is 0. The zero-order valence-electron chi connectivity index (χ0n) is 14.2. The first-order valence-electron chi connectivity index (χ1n) is 8.10. The Balaban J connectivity index is 1.78. The molecule has 5 heteroatoms. The minimum absolute atomic E-state index is 0.0564. The van der Waals surface area contributed by atoms with E-state index in [-0.39, 0.29) is 5.54 Å². The van der Waals surface area contributed by atoms with E-state index >= 15 is 0 Å². The van der Waals surface area contributed by atoms with Crippen LogP contribution in [0.25, 0.3) is 0 Å². The fraction of sp³-hybridized carbons (Fsp3) is 0.647. The predicted molar refractivity (Wildman–Crippen MR) is 91.3 cm³/mol. The minimum Gasteiger partial charge on any atom is -0.305 e. The number of rotatable bonds is 3. The first-order valence-corrected chi connectivity index (χ1v) is 8.91. The molecule has 0 amide bonds. The summed E-state index contributed by atoms with van der Waals surface area (Å²) in [4.78, 5) is 5.87. The van der Waals surface area contributed by atoms with Crippen LogP contribution in [0.15, 0.2) is 6.20 Å². The maximum Gasteiger partial charge on any atom is 0.0900 e. The number of nitrogens with zero attached hydrogens (tertiary/aromatic N) is 3. The van der Waals surface area contributed by atoms with Crippen molar-refractivity contribution in [1.29, 1.82) is 0 Å². The topological polar surface area (TPSA) is 42.7 Å². The average Bonchev–Trinajstić information content (AvgIpc) is 2.99. The van der Waals surface area contributed by atoms with Gasteiger partial charge in [-0.05, 0) is 53.9 Å². The summed E-state index contributed by atoms with van der Waals surface area (Å²) in [6.07, 6.45) is 5.64. The van der Waals surface area contributed by atoms with Gasteiger partial charge in [0, 0.05) is 28.7 Å². The van der Waals surface area contributed by atoms with Crippen LogP contribution in [0.1, 0.15) is 66.5 Å². The predicted octanol–water partition coefficient (Wildman–Crippen LogP) is 3.88. The lowest BCUT2D eigenvalue weighted by atomic mass is 9.92. The quantitative estimate of drug-likeness (QED) is 0.934. The van der Waals surface area contributed by atoms with Crippen LogP contribution in [0.4, 0.5) is 0 Å². The van der Waals surface area contributed by atoms with Gasteiger partial charge < -0.3 is 5.32 Å². The standard InChI is InChI=1S/C17H26N4S/c1-11-16(22-12(2)20-11)10-18-14-7-6-8-15-13(14)9-19-21(15)17(3,4)5/h9,14,18H,6-8,10H2,1-5H3. The summed E-state index contributed by atoms with van der Waals surface area (Å²) in [5, 5.41) is 9.55. The smallest absolute Gasteiger partial charge is 0.0900 e. The molecule has 22 heavy (non-hydrogen) atoms. The molecule has 1 unspecified atom stereocenters. The zero-order valence-corrected chi connectivity index (χ0v) is 15.0. The summed E-state index contributed by atoms with van der Waals surface area (Å²) < 4.78 is 2.21. The largest absolute Gasteiger partial charge is 0.305 e. The van der Waals surface area contributed by atoms with Gasteiger partial charge in [0.05, 0.1) is 22.4 Å². The molecule has 2 aromatic rings. The van der Waals surface area contributed by atoms with Crippen molar-refractivity contribution >= 4 is 11.3 Å². The molecule has 1 aliphatic rings. The lowest BCUT2D eigenvalue weighted by molar-refractivity contribution is 0.334. The van der Waals surface area contributed by atoms with Gasteiger partial charge in [0.15, 0.2) is 0 Å². The van der Waals surface area contributed by atoms with E-state index in [0.717, 1.165) is 23.7 Å². The fourth-order valence-electron chi connectivity index (χ4n) is 3.30. The number of thiazole rings is 1. The molecule has 0 aromatic carbocycles. The highest BCUT2D eigenvalue weighted by Crippen LogP contribution is 2.32. The zero-order chi connectivity index (χ0) is 15.9. The molecule has 3 rings (SSSR count). The summed E-state index contributed by atoms with van der Waals surface area (Å²) in [6.45, 7) is 11.8. The molecule has 0 bridgehead atoms. The second-order valence-electron chi connectivity index (χ2n) is 7.20. The van der Waals surface area contributed by atoms with Gasteiger partial charge in [0.25, 0.3) is 0 Å². The summed E-state index contributed by atoms with van der Waals surface area (Å²) in [5.41, 5.74) is 4.02. The third-order valence-electron chi connectivity index (χ3n) is 4.33. The highest BCUT2D eigenvalue weighted by Gasteiger charge is 2.27. The molecule has 0 saturated heterocycles. The lowest BCUT2D eigenvalue weighted by Crippen LogP contribution is -2.29. The third kappa shape index (κ3) is 2.97. The summed E-state index contributed by atoms with van der Waals surface area (Å²) in [6, 6.07) is 0.418. The second-order valence-corrected chi connectivity index (χ2v) is 8.48. The van der Waals surface area contributed by atoms with Crippen molar-refractivity contribution in [1.82, 2.24) is 20.1 Å². The number of hydrogen-bond donors (Lipinski definition) is 1. The van der Waals surface area contributed by atoms with Crippen LogP contribution in [-0.2, 0) is 18.5 Å². The van der Waals surface area contributed by atoms with Gasteiger partial charge in [-0.25, -0.2) is 4.98 Å². The van der Waals surface area contributed by atoms with Crippen LogP contribution >= 0.6 is 11.3 Å². The van der Waals surface area contributed by atoms with E-state index in [0.29, 0.717) is 6.04 Å². The molecule has 120 valence electrons. The third-order valence-corrected chi connectivity index (χ3v) is 5.40. The van der Waals surface area contributed by atoms with E-state index in [1.54, 1.807) is 11.3 Å². The van der Waals surface area contributed by atoms with Crippen LogP contribution in [0.5, 0.6) is 0 Å². The summed E-state index contributed by atoms with van der Waals surface area (Å²) in [7, 11) is 0. The average molecular weight is 318 g/mol. The molecule has 2 heterocycles. The first kappa shape index (κ1) is 15.7. The van der Waals surface area contributed by atoms with Gasteiger partial charge in [0.2, 0.25) is 0 Å². The van der Waals surface area contributed by atoms with Crippen molar-refractivity contribution in [3.63, 3.8) is 0 Å². The van der Waals surface area contributed by atoms with Crippen molar-refractivity contribution < 1.29 is 0 Å². The highest BCUT2D eigenvalue weighted by atomic mass is 32.1. The van der Waals surface area contributed by atoms with E-state index in [1.165, 1.54) is 29.0 Å². The van der Waals surface area contributed by atoms with Crippen molar-refractivity contribution in [3.05, 3.63) is 33.0 Å². The van der Waals surface area contributed by atoms with E-state index in [9.17, 15) is 0 Å². The van der Waals surface area contributed by atoms with Crippen molar-refractivity contribution in [2.24, 2.45) is 0 Å². The molecule has 0 spiro atoms. The normalized spacial score (nSPS) is 18.5. The molecular formula is C17H26N4S. The van der Waals surface area contributed by atoms with E-state index in [2.05, 4.69) is 60.9 Å². The highest BCUT2D eigenvalue weighted by molar-refractivity contribution is 7.11. The number of aryl methyl sites for hydroxylation is 2. The summed E-state index contributed by atoms with van der Waals surface area (Å²) >= 11 is 1.80. The molecule has 0 fully saturated rings. The van der Waals surface area contributed by atoms with Gasteiger partial charge in [-0.2, -0.15) is 5.10 Å². The first-order chi connectivity index (χ1) is 10.4.